The molecule has 1 atom stereocenters. The third kappa shape index (κ3) is 3.42. The smallest absolute Gasteiger partial charge is 0.312 e. The van der Waals surface area contributed by atoms with E-state index < -0.39 is 5.69 Å². The Morgan fingerprint density at radius 2 is 1.59 bits per heavy atom. The summed E-state index contributed by atoms with van der Waals surface area (Å²) >= 11 is 12.0. The van der Waals surface area contributed by atoms with Gasteiger partial charge in [-0.05, 0) is 47.9 Å². The van der Waals surface area contributed by atoms with Crippen molar-refractivity contribution in [2.24, 2.45) is 13.0 Å². The van der Waals surface area contributed by atoms with Crippen molar-refractivity contribution < 1.29 is 0 Å². The average molecular weight is 470 g/mol. The van der Waals surface area contributed by atoms with Crippen molar-refractivity contribution in [3.63, 3.8) is 0 Å². The molecule has 0 spiro atoms. The summed E-state index contributed by atoms with van der Waals surface area (Å²) in [6, 6.07) is 14.7. The Hall–Kier alpha value is -3.03. The van der Waals surface area contributed by atoms with Crippen molar-refractivity contribution in [2.75, 3.05) is 11.4 Å². The van der Waals surface area contributed by atoms with E-state index in [1.807, 2.05) is 41.0 Å². The minimum absolute atomic E-state index is 0.162. The predicted octanol–water partition coefficient (Wildman–Crippen LogP) is 4.04. The van der Waals surface area contributed by atoms with Crippen molar-refractivity contribution in [3.8, 4) is 0 Å². The molecule has 0 aliphatic carbocycles. The third-order valence-corrected chi connectivity index (χ3v) is 6.34. The van der Waals surface area contributed by atoms with Crippen LogP contribution in [0.2, 0.25) is 10.0 Å². The molecule has 0 saturated heterocycles. The third-order valence-electron chi connectivity index (χ3n) is 5.83. The molecule has 2 aromatic carbocycles. The van der Waals surface area contributed by atoms with Crippen molar-refractivity contribution in [1.82, 2.24) is 18.7 Å². The zero-order chi connectivity index (χ0) is 22.6. The number of hydrogen-bond acceptors (Lipinski definition) is 4. The van der Waals surface area contributed by atoms with Crippen LogP contribution in [-0.4, -0.2) is 25.2 Å². The summed E-state index contributed by atoms with van der Waals surface area (Å²) in [5.41, 5.74) is 1.82. The van der Waals surface area contributed by atoms with E-state index >= 15 is 0 Å². The van der Waals surface area contributed by atoms with Crippen LogP contribution in [0, 0.1) is 5.92 Å². The van der Waals surface area contributed by atoms with E-state index in [1.165, 1.54) is 9.13 Å². The fraction of sp³-hybridized carbons (Fsp3) is 0.261. The number of hydrogen-bond donors (Lipinski definition) is 0. The summed E-state index contributed by atoms with van der Waals surface area (Å²) in [5.74, 6) is 0.925. The van der Waals surface area contributed by atoms with E-state index in [4.69, 9.17) is 28.2 Å². The average Bonchev–Trinajstić information content (AvgIpc) is 3.16. The Morgan fingerprint density at radius 3 is 2.25 bits per heavy atom. The number of halogens is 2. The second-order valence-electron chi connectivity index (χ2n) is 8.25. The van der Waals surface area contributed by atoms with Gasteiger partial charge in [0.25, 0.3) is 5.56 Å². The summed E-state index contributed by atoms with van der Waals surface area (Å²) < 4.78 is 4.63. The van der Waals surface area contributed by atoms with Crippen LogP contribution in [0.1, 0.15) is 12.5 Å². The molecule has 1 aliphatic rings. The highest BCUT2D eigenvalue weighted by atomic mass is 35.5. The Balaban J connectivity index is 1.70. The van der Waals surface area contributed by atoms with E-state index in [0.717, 1.165) is 17.8 Å². The van der Waals surface area contributed by atoms with Crippen molar-refractivity contribution in [3.05, 3.63) is 85.0 Å². The molecular weight excluding hydrogens is 449 g/mol. The molecular formula is C23H21Cl2N5O2. The first-order valence-corrected chi connectivity index (χ1v) is 11.1. The molecule has 164 valence electrons. The molecule has 0 unspecified atom stereocenters. The summed E-state index contributed by atoms with van der Waals surface area (Å²) in [4.78, 5) is 33.4. The Morgan fingerprint density at radius 1 is 0.969 bits per heavy atom. The van der Waals surface area contributed by atoms with Gasteiger partial charge in [-0.15, -0.1) is 0 Å². The van der Waals surface area contributed by atoms with Crippen LogP contribution in [-0.2, 0) is 20.1 Å². The lowest BCUT2D eigenvalue weighted by molar-refractivity contribution is 0.458. The van der Waals surface area contributed by atoms with Crippen LogP contribution in [0.15, 0.2) is 58.1 Å². The van der Waals surface area contributed by atoms with Gasteiger partial charge in [-0.2, -0.15) is 4.98 Å². The molecule has 0 fully saturated rings. The van der Waals surface area contributed by atoms with E-state index in [1.54, 1.807) is 19.2 Å². The summed E-state index contributed by atoms with van der Waals surface area (Å²) in [6.45, 7) is 3.68. The Kier molecular flexibility index (Phi) is 5.10. The molecule has 32 heavy (non-hydrogen) atoms. The molecule has 0 bridgehead atoms. The number of anilines is 2. The van der Waals surface area contributed by atoms with Gasteiger partial charge in [-0.25, -0.2) is 4.79 Å². The fourth-order valence-electron chi connectivity index (χ4n) is 4.26. The molecule has 5 rings (SSSR count). The standard InChI is InChI=1S/C23H21Cl2N5O2/c1-14-11-28(18-9-7-17(25)8-10-18)22-26-20-19(29(22)12-14)21(31)30(23(32)27(20)2)13-15-3-5-16(24)6-4-15/h3-10,14H,11-13H2,1-2H3/t14-/m0/s1. The van der Waals surface area contributed by atoms with E-state index in [2.05, 4.69) is 11.8 Å². The van der Waals surface area contributed by atoms with Crippen molar-refractivity contribution in [1.29, 1.82) is 0 Å². The van der Waals surface area contributed by atoms with Gasteiger partial charge in [0.05, 0.1) is 6.54 Å². The second-order valence-corrected chi connectivity index (χ2v) is 9.12. The molecule has 0 amide bonds. The van der Waals surface area contributed by atoms with Gasteiger partial charge in [0, 0.05) is 35.9 Å². The van der Waals surface area contributed by atoms with Crippen LogP contribution < -0.4 is 16.1 Å². The van der Waals surface area contributed by atoms with E-state index in [-0.39, 0.29) is 18.0 Å². The lowest BCUT2D eigenvalue weighted by Gasteiger charge is -2.33. The quantitative estimate of drug-likeness (QED) is 0.454. The number of rotatable bonds is 3. The van der Waals surface area contributed by atoms with Crippen LogP contribution in [0.3, 0.4) is 0 Å². The molecule has 0 radical (unpaired) electrons. The van der Waals surface area contributed by atoms with Gasteiger partial charge in [0.2, 0.25) is 5.95 Å². The molecule has 7 nitrogen and oxygen atoms in total. The summed E-state index contributed by atoms with van der Waals surface area (Å²) in [5, 5.41) is 1.25. The van der Waals surface area contributed by atoms with Crippen LogP contribution >= 0.6 is 23.2 Å². The number of aryl methyl sites for hydroxylation is 1. The van der Waals surface area contributed by atoms with Crippen molar-refractivity contribution >= 4 is 46.0 Å². The summed E-state index contributed by atoms with van der Waals surface area (Å²) in [6.07, 6.45) is 0. The largest absolute Gasteiger partial charge is 0.332 e. The highest BCUT2D eigenvalue weighted by Crippen LogP contribution is 2.33. The lowest BCUT2D eigenvalue weighted by atomic mass is 10.1. The molecule has 4 aromatic rings. The van der Waals surface area contributed by atoms with E-state index in [0.29, 0.717) is 33.7 Å². The predicted molar refractivity (Wildman–Crippen MR) is 127 cm³/mol. The van der Waals surface area contributed by atoms with Gasteiger partial charge < -0.3 is 9.47 Å². The van der Waals surface area contributed by atoms with Gasteiger partial charge in [0.1, 0.15) is 0 Å². The first kappa shape index (κ1) is 20.8. The topological polar surface area (TPSA) is 65.1 Å². The number of imidazole rings is 1. The maximum Gasteiger partial charge on any atom is 0.332 e. The lowest BCUT2D eigenvalue weighted by Crippen LogP contribution is -2.40. The molecule has 1 aliphatic heterocycles. The maximum atomic E-state index is 13.5. The molecule has 0 N–H and O–H groups in total. The highest BCUT2D eigenvalue weighted by molar-refractivity contribution is 6.30. The Bertz CT molecular complexity index is 1440. The van der Waals surface area contributed by atoms with Crippen LogP contribution in [0.5, 0.6) is 0 Å². The highest BCUT2D eigenvalue weighted by Gasteiger charge is 2.29. The molecule has 0 saturated carbocycles. The minimum Gasteiger partial charge on any atom is -0.312 e. The van der Waals surface area contributed by atoms with E-state index in [9.17, 15) is 9.59 Å². The second kappa shape index (κ2) is 7.83. The molecule has 9 heteroatoms. The zero-order valence-electron chi connectivity index (χ0n) is 17.6. The maximum absolute atomic E-state index is 13.5. The van der Waals surface area contributed by atoms with Gasteiger partial charge >= 0.3 is 5.69 Å². The SMILES string of the molecule is C[C@H]1CN(c2ccc(Cl)cc2)c2nc3c(c(=O)n(Cc4ccc(Cl)cc4)c(=O)n3C)n2C1. The normalized spacial score (nSPS) is 15.9. The first-order valence-electron chi connectivity index (χ1n) is 10.3. The number of fused-ring (bicyclic) bond motifs is 3. The van der Waals surface area contributed by atoms with Crippen LogP contribution in [0.4, 0.5) is 11.6 Å². The first-order chi connectivity index (χ1) is 15.3. The summed E-state index contributed by atoms with van der Waals surface area (Å²) in [7, 11) is 1.65. The molecule has 3 heterocycles. The minimum atomic E-state index is -0.404. The fourth-order valence-corrected chi connectivity index (χ4v) is 4.51. The van der Waals surface area contributed by atoms with Gasteiger partial charge in [-0.3, -0.25) is 13.9 Å². The number of aromatic nitrogens is 4. The number of nitrogens with zero attached hydrogens (tertiary/aromatic N) is 5. The van der Waals surface area contributed by atoms with Crippen molar-refractivity contribution in [2.45, 2.75) is 20.0 Å². The Labute approximate surface area is 194 Å². The van der Waals surface area contributed by atoms with Crippen LogP contribution in [0.25, 0.3) is 11.2 Å². The van der Waals surface area contributed by atoms with Gasteiger partial charge in [-0.1, -0.05) is 42.3 Å². The monoisotopic (exact) mass is 469 g/mol. The van der Waals surface area contributed by atoms with Gasteiger partial charge in [0.15, 0.2) is 11.2 Å². The number of benzene rings is 2. The molecule has 2 aromatic heterocycles. The zero-order valence-corrected chi connectivity index (χ0v) is 19.1.